The van der Waals surface area contributed by atoms with E-state index in [1.165, 1.54) is 29.1 Å². The van der Waals surface area contributed by atoms with Gasteiger partial charge in [-0.25, -0.2) is 4.98 Å². The Bertz CT molecular complexity index is 1740. The van der Waals surface area contributed by atoms with Crippen LogP contribution in [-0.4, -0.2) is 69.9 Å². The van der Waals surface area contributed by atoms with Gasteiger partial charge in [0.25, 0.3) is 5.91 Å². The van der Waals surface area contributed by atoms with E-state index >= 15 is 0 Å². The maximum atomic E-state index is 13.1. The summed E-state index contributed by atoms with van der Waals surface area (Å²) < 4.78 is 1.75. The minimum atomic E-state index is -0.788. The van der Waals surface area contributed by atoms with Gasteiger partial charge in [-0.15, -0.1) is 0 Å². The lowest BCUT2D eigenvalue weighted by atomic mass is 9.89. The smallest absolute Gasteiger partial charge is 0.254 e. The predicted molar refractivity (Wildman–Crippen MR) is 163 cm³/mol. The number of likely N-dealkylation sites (N-methyl/N-ethyl adjacent to an activating group) is 1. The first kappa shape index (κ1) is 27.6. The molecular weight excluding hydrogens is 530 g/mol. The zero-order valence-corrected chi connectivity index (χ0v) is 24.0. The Hall–Kier alpha value is -4.57. The molecule has 0 radical (unpaired) electrons. The van der Waals surface area contributed by atoms with Crippen molar-refractivity contribution in [3.8, 4) is 5.69 Å². The number of carbonyl (C=O) groups excluding carboxylic acids is 2. The van der Waals surface area contributed by atoms with E-state index in [1.54, 1.807) is 4.57 Å². The quantitative estimate of drug-likeness (QED) is 0.352. The van der Waals surface area contributed by atoms with Gasteiger partial charge in [0.15, 0.2) is 5.65 Å². The Kier molecular flexibility index (Phi) is 7.47. The average molecular weight is 566 g/mol. The maximum absolute atomic E-state index is 13.1. The number of nitrogens with one attached hydrogen (secondary N) is 1. The van der Waals surface area contributed by atoms with Crippen molar-refractivity contribution in [3.63, 3.8) is 0 Å². The summed E-state index contributed by atoms with van der Waals surface area (Å²) >= 11 is 0. The molecule has 4 aromatic rings. The van der Waals surface area contributed by atoms with Gasteiger partial charge in [-0.2, -0.15) is 4.98 Å². The number of aryl methyl sites for hydroxylation is 2. The van der Waals surface area contributed by atoms with Crippen molar-refractivity contribution in [2.75, 3.05) is 39.0 Å². The fourth-order valence-electron chi connectivity index (χ4n) is 6.08. The molecule has 0 spiro atoms. The third kappa shape index (κ3) is 5.49. The molecule has 2 aromatic heterocycles. The van der Waals surface area contributed by atoms with Crippen LogP contribution in [0.1, 0.15) is 52.2 Å². The summed E-state index contributed by atoms with van der Waals surface area (Å²) in [6, 6.07) is 14.3. The molecule has 42 heavy (non-hydrogen) atoms. The van der Waals surface area contributed by atoms with Crippen LogP contribution in [0.25, 0.3) is 16.7 Å². The van der Waals surface area contributed by atoms with Crippen LogP contribution < -0.4 is 16.5 Å². The van der Waals surface area contributed by atoms with Crippen LogP contribution in [0.3, 0.4) is 0 Å². The second-order valence-electron chi connectivity index (χ2n) is 11.5. The lowest BCUT2D eigenvalue weighted by Gasteiger charge is -2.33. The summed E-state index contributed by atoms with van der Waals surface area (Å²) in [6.45, 7) is 1.92. The zero-order valence-electron chi connectivity index (χ0n) is 24.0. The Morgan fingerprint density at radius 2 is 1.86 bits per heavy atom. The van der Waals surface area contributed by atoms with E-state index < -0.39 is 11.3 Å². The summed E-state index contributed by atoms with van der Waals surface area (Å²) in [5, 5.41) is 3.53. The fourth-order valence-corrected chi connectivity index (χ4v) is 6.08. The first-order chi connectivity index (χ1) is 20.3. The second-order valence-corrected chi connectivity index (χ2v) is 11.5. The molecule has 1 fully saturated rings. The van der Waals surface area contributed by atoms with E-state index in [9.17, 15) is 14.4 Å². The minimum Gasteiger partial charge on any atom is -0.365 e. The molecule has 2 amide bonds. The summed E-state index contributed by atoms with van der Waals surface area (Å²) in [5.74, 6) is 0.0714. The average Bonchev–Trinajstić information content (AvgIpc) is 3.45. The number of nitrogens with zero attached hydrogens (tertiary/aromatic N) is 5. The van der Waals surface area contributed by atoms with Gasteiger partial charge >= 0.3 is 0 Å². The highest BCUT2D eigenvalue weighted by Crippen LogP contribution is 2.31. The third-order valence-electron chi connectivity index (χ3n) is 8.28. The van der Waals surface area contributed by atoms with Crippen molar-refractivity contribution < 1.29 is 9.59 Å². The van der Waals surface area contributed by atoms with Gasteiger partial charge in [0.1, 0.15) is 5.56 Å². The predicted octanol–water partition coefficient (Wildman–Crippen LogP) is 3.38. The van der Waals surface area contributed by atoms with Gasteiger partial charge in [0.2, 0.25) is 17.3 Å². The lowest BCUT2D eigenvalue weighted by molar-refractivity contribution is -0.132. The fraction of sp³-hybridized carbons (Fsp3) is 0.344. The first-order valence-electron chi connectivity index (χ1n) is 14.4. The molecule has 6 rings (SSSR count). The Morgan fingerprint density at radius 1 is 1.07 bits per heavy atom. The summed E-state index contributed by atoms with van der Waals surface area (Å²) in [4.78, 5) is 50.7. The molecule has 10 heteroatoms. The number of amides is 2. The number of primary amides is 1. The number of piperidine rings is 1. The van der Waals surface area contributed by atoms with E-state index in [0.717, 1.165) is 56.6 Å². The summed E-state index contributed by atoms with van der Waals surface area (Å²) in [6.07, 6.45) is 7.90. The van der Waals surface area contributed by atoms with Crippen molar-refractivity contribution in [1.82, 2.24) is 24.3 Å². The van der Waals surface area contributed by atoms with Crippen molar-refractivity contribution in [3.05, 3.63) is 87.3 Å². The highest BCUT2D eigenvalue weighted by Gasteiger charge is 2.24. The van der Waals surface area contributed by atoms with Crippen LogP contribution in [0.15, 0.2) is 59.7 Å². The maximum Gasteiger partial charge on any atom is 0.254 e. The number of anilines is 2. The second kappa shape index (κ2) is 11.4. The molecule has 0 bridgehead atoms. The van der Waals surface area contributed by atoms with Crippen molar-refractivity contribution in [1.29, 1.82) is 0 Å². The molecular formula is C32H35N7O3. The highest BCUT2D eigenvalue weighted by molar-refractivity contribution is 5.96. The number of fused-ring (bicyclic) bond motifs is 2. The zero-order chi connectivity index (χ0) is 29.4. The Labute approximate surface area is 244 Å². The molecule has 1 aliphatic heterocycles. The van der Waals surface area contributed by atoms with Gasteiger partial charge < -0.3 is 25.4 Å². The van der Waals surface area contributed by atoms with E-state index in [-0.39, 0.29) is 16.9 Å². The van der Waals surface area contributed by atoms with Crippen LogP contribution in [0.5, 0.6) is 0 Å². The molecule has 2 aromatic carbocycles. The SMILES string of the molecule is CN(C)CC(=O)N1CCC(c2cccc(Nc3ncc4c(=O)c(C(N)=O)cn(-c5ccc6c(c5)CCC6)c4n3)c2)CC1. The monoisotopic (exact) mass is 565 g/mol. The number of hydrogen-bond donors (Lipinski definition) is 2. The molecule has 216 valence electrons. The Morgan fingerprint density at radius 3 is 2.62 bits per heavy atom. The molecule has 3 N–H and O–H groups in total. The molecule has 3 heterocycles. The number of pyridine rings is 1. The van der Waals surface area contributed by atoms with Crippen LogP contribution in [0.4, 0.5) is 11.6 Å². The van der Waals surface area contributed by atoms with E-state index in [0.29, 0.717) is 24.1 Å². The number of rotatable bonds is 7. The number of aromatic nitrogens is 3. The molecule has 2 aliphatic rings. The molecule has 1 saturated heterocycles. The largest absolute Gasteiger partial charge is 0.365 e. The number of benzene rings is 2. The molecule has 0 atom stereocenters. The highest BCUT2D eigenvalue weighted by atomic mass is 16.2. The van der Waals surface area contributed by atoms with Crippen LogP contribution in [-0.2, 0) is 17.6 Å². The molecule has 0 saturated carbocycles. The first-order valence-corrected chi connectivity index (χ1v) is 14.4. The standard InChI is InChI=1S/C32H35N7O3/c1-37(2)19-28(40)38-13-11-21(12-14-38)22-7-4-8-24(15-22)35-32-34-17-26-29(41)27(30(33)42)18-39(31(26)36-32)25-10-9-20-5-3-6-23(20)16-25/h4,7-10,15-18,21H,3,5-6,11-14,19H2,1-2H3,(H2,33,42)(H,34,35,36). The van der Waals surface area contributed by atoms with Crippen molar-refractivity contribution in [2.24, 2.45) is 5.73 Å². The number of hydrogen-bond acceptors (Lipinski definition) is 7. The van der Waals surface area contributed by atoms with Gasteiger partial charge in [-0.3, -0.25) is 14.4 Å². The van der Waals surface area contributed by atoms with Crippen molar-refractivity contribution in [2.45, 2.75) is 38.0 Å². The Balaban J connectivity index is 1.28. The van der Waals surface area contributed by atoms with Gasteiger partial charge in [-0.1, -0.05) is 18.2 Å². The van der Waals surface area contributed by atoms with E-state index in [2.05, 4.69) is 34.6 Å². The topological polar surface area (TPSA) is 126 Å². The van der Waals surface area contributed by atoms with Gasteiger partial charge in [0.05, 0.1) is 11.9 Å². The summed E-state index contributed by atoms with van der Waals surface area (Å²) in [5.41, 5.74) is 10.8. The molecule has 0 unspecified atom stereocenters. The molecule has 1 aliphatic carbocycles. The molecule has 10 nitrogen and oxygen atoms in total. The third-order valence-corrected chi connectivity index (χ3v) is 8.28. The van der Waals surface area contributed by atoms with Crippen molar-refractivity contribution >= 4 is 34.5 Å². The van der Waals surface area contributed by atoms with Crippen LogP contribution in [0.2, 0.25) is 0 Å². The summed E-state index contributed by atoms with van der Waals surface area (Å²) in [7, 11) is 3.82. The minimum absolute atomic E-state index is 0.102. The normalized spacial score (nSPS) is 15.3. The number of likely N-dealkylation sites (tertiary alicyclic amines) is 1. The van der Waals surface area contributed by atoms with E-state index in [4.69, 9.17) is 10.7 Å². The van der Waals surface area contributed by atoms with Gasteiger partial charge in [0, 0.05) is 36.9 Å². The number of nitrogens with two attached hydrogens (primary N) is 1. The van der Waals surface area contributed by atoms with Crippen LogP contribution >= 0.6 is 0 Å². The van der Waals surface area contributed by atoms with E-state index in [1.807, 2.05) is 42.1 Å². The van der Waals surface area contributed by atoms with Gasteiger partial charge in [-0.05, 0) is 93.1 Å². The van der Waals surface area contributed by atoms with Crippen LogP contribution in [0, 0.1) is 0 Å². The lowest BCUT2D eigenvalue weighted by Crippen LogP contribution is -2.42. The number of carbonyl (C=O) groups is 2.